The molecule has 0 unspecified atom stereocenters. The van der Waals surface area contributed by atoms with Gasteiger partial charge in [0.05, 0.1) is 0 Å². The number of aromatic hydroxyl groups is 2. The van der Waals surface area contributed by atoms with Crippen LogP contribution in [0, 0.1) is 27.7 Å². The number of rotatable bonds is 2. The standard InChI is InChI=1S/C13H16O2S2/c1-6-8(3)16-12(14)10(6)5-11-7(2)9(4)17-13(11)15/h14-15H,5H2,1-4H3. The summed E-state index contributed by atoms with van der Waals surface area (Å²) in [5.74, 6) is 0. The van der Waals surface area contributed by atoms with E-state index in [1.165, 1.54) is 22.7 Å². The molecule has 4 heteroatoms. The van der Waals surface area contributed by atoms with Crippen LogP contribution in [0.4, 0.5) is 0 Å². The van der Waals surface area contributed by atoms with Crippen molar-refractivity contribution < 1.29 is 10.2 Å². The van der Waals surface area contributed by atoms with Crippen LogP contribution in [0.25, 0.3) is 0 Å². The van der Waals surface area contributed by atoms with Crippen LogP contribution in [0.1, 0.15) is 32.0 Å². The Morgan fingerprint density at radius 3 is 1.35 bits per heavy atom. The first-order valence-electron chi connectivity index (χ1n) is 5.47. The largest absolute Gasteiger partial charge is 0.499 e. The van der Waals surface area contributed by atoms with E-state index in [9.17, 15) is 10.2 Å². The van der Waals surface area contributed by atoms with Crippen LogP contribution in [0.3, 0.4) is 0 Å². The van der Waals surface area contributed by atoms with E-state index in [0.717, 1.165) is 32.0 Å². The topological polar surface area (TPSA) is 40.5 Å². The molecule has 2 nitrogen and oxygen atoms in total. The van der Waals surface area contributed by atoms with Crippen molar-refractivity contribution in [1.29, 1.82) is 0 Å². The first kappa shape index (κ1) is 12.5. The molecule has 0 aliphatic rings. The van der Waals surface area contributed by atoms with Gasteiger partial charge in [0, 0.05) is 27.3 Å². The fourth-order valence-electron chi connectivity index (χ4n) is 1.91. The van der Waals surface area contributed by atoms with Crippen LogP contribution in [-0.2, 0) is 6.42 Å². The van der Waals surface area contributed by atoms with Crippen molar-refractivity contribution in [1.82, 2.24) is 0 Å². The average Bonchev–Trinajstić information content (AvgIpc) is 2.62. The number of thiophene rings is 2. The number of hydrogen-bond donors (Lipinski definition) is 2. The Morgan fingerprint density at radius 2 is 1.12 bits per heavy atom. The molecule has 0 saturated heterocycles. The van der Waals surface area contributed by atoms with Gasteiger partial charge in [0.1, 0.15) is 0 Å². The third-order valence-electron chi connectivity index (χ3n) is 3.33. The molecule has 0 radical (unpaired) electrons. The maximum atomic E-state index is 9.90. The van der Waals surface area contributed by atoms with Crippen molar-refractivity contribution in [2.24, 2.45) is 0 Å². The molecule has 0 bridgehead atoms. The Bertz CT molecular complexity index is 514. The Hall–Kier alpha value is -1.00. The zero-order chi connectivity index (χ0) is 12.7. The van der Waals surface area contributed by atoms with Gasteiger partial charge in [-0.15, -0.1) is 22.7 Å². The summed E-state index contributed by atoms with van der Waals surface area (Å²) >= 11 is 2.82. The van der Waals surface area contributed by atoms with E-state index in [0.29, 0.717) is 16.5 Å². The van der Waals surface area contributed by atoms with E-state index in [1.54, 1.807) is 0 Å². The molecule has 0 aliphatic carbocycles. The van der Waals surface area contributed by atoms with Gasteiger partial charge < -0.3 is 10.2 Å². The molecular weight excluding hydrogens is 252 g/mol. The molecule has 0 amide bonds. The van der Waals surface area contributed by atoms with Crippen LogP contribution < -0.4 is 0 Å². The third-order valence-corrected chi connectivity index (χ3v) is 5.44. The number of hydrogen-bond acceptors (Lipinski definition) is 4. The third kappa shape index (κ3) is 2.07. The van der Waals surface area contributed by atoms with Gasteiger partial charge in [0.15, 0.2) is 10.1 Å². The summed E-state index contributed by atoms with van der Waals surface area (Å²) in [4.78, 5) is 2.28. The Kier molecular flexibility index (Phi) is 3.19. The van der Waals surface area contributed by atoms with Gasteiger partial charge in [-0.3, -0.25) is 0 Å². The molecule has 2 rings (SSSR count). The molecule has 0 spiro atoms. The molecule has 0 saturated carbocycles. The highest BCUT2D eigenvalue weighted by Gasteiger charge is 2.17. The Balaban J connectivity index is 2.44. The normalized spacial score (nSPS) is 11.1. The van der Waals surface area contributed by atoms with Crippen molar-refractivity contribution in [3.63, 3.8) is 0 Å². The molecule has 2 aromatic rings. The lowest BCUT2D eigenvalue weighted by atomic mass is 10.0. The van der Waals surface area contributed by atoms with E-state index in [4.69, 9.17) is 0 Å². The highest BCUT2D eigenvalue weighted by molar-refractivity contribution is 7.14. The molecule has 2 N–H and O–H groups in total. The predicted octanol–water partition coefficient (Wildman–Crippen LogP) is 4.05. The lowest BCUT2D eigenvalue weighted by molar-refractivity contribution is 0.479. The monoisotopic (exact) mass is 268 g/mol. The summed E-state index contributed by atoms with van der Waals surface area (Å²) in [5.41, 5.74) is 4.16. The highest BCUT2D eigenvalue weighted by Crippen LogP contribution is 2.40. The van der Waals surface area contributed by atoms with Gasteiger partial charge in [-0.25, -0.2) is 0 Å². The molecule has 2 aromatic heterocycles. The minimum atomic E-state index is 0.377. The molecule has 0 aromatic carbocycles. The summed E-state index contributed by atoms with van der Waals surface area (Å²) in [5, 5.41) is 20.6. The molecule has 17 heavy (non-hydrogen) atoms. The van der Waals surface area contributed by atoms with Gasteiger partial charge in [0.2, 0.25) is 0 Å². The SMILES string of the molecule is Cc1sc(O)c(Cc2c(O)sc(C)c2C)c1C. The first-order valence-corrected chi connectivity index (χ1v) is 7.10. The lowest BCUT2D eigenvalue weighted by Crippen LogP contribution is -1.91. The first-order chi connectivity index (χ1) is 7.91. The summed E-state index contributed by atoms with van der Waals surface area (Å²) in [6, 6.07) is 0. The molecule has 0 aliphatic heterocycles. The fraction of sp³-hybridized carbons (Fsp3) is 0.385. The van der Waals surface area contributed by atoms with Gasteiger partial charge in [-0.2, -0.15) is 0 Å². The van der Waals surface area contributed by atoms with Gasteiger partial charge >= 0.3 is 0 Å². The van der Waals surface area contributed by atoms with Crippen LogP contribution in [-0.4, -0.2) is 10.2 Å². The maximum Gasteiger partial charge on any atom is 0.175 e. The van der Waals surface area contributed by atoms with Crippen LogP contribution in [0.2, 0.25) is 0 Å². The predicted molar refractivity (Wildman–Crippen MR) is 73.7 cm³/mol. The van der Waals surface area contributed by atoms with Crippen molar-refractivity contribution in [2.75, 3.05) is 0 Å². The van der Waals surface area contributed by atoms with E-state index in [2.05, 4.69) is 0 Å². The smallest absolute Gasteiger partial charge is 0.175 e. The summed E-state index contributed by atoms with van der Waals surface area (Å²) in [6.07, 6.45) is 0.615. The zero-order valence-electron chi connectivity index (χ0n) is 10.4. The summed E-state index contributed by atoms with van der Waals surface area (Å²) < 4.78 is 0. The van der Waals surface area contributed by atoms with Gasteiger partial charge in [-0.05, 0) is 38.8 Å². The van der Waals surface area contributed by atoms with Crippen molar-refractivity contribution in [3.05, 3.63) is 32.0 Å². The van der Waals surface area contributed by atoms with Crippen molar-refractivity contribution >= 4 is 22.7 Å². The van der Waals surface area contributed by atoms with Crippen molar-refractivity contribution in [2.45, 2.75) is 34.1 Å². The van der Waals surface area contributed by atoms with Gasteiger partial charge in [0.25, 0.3) is 0 Å². The molecular formula is C13H16O2S2. The van der Waals surface area contributed by atoms with E-state index >= 15 is 0 Å². The van der Waals surface area contributed by atoms with E-state index in [1.807, 2.05) is 27.7 Å². The minimum Gasteiger partial charge on any atom is -0.499 e. The highest BCUT2D eigenvalue weighted by atomic mass is 32.1. The molecule has 92 valence electrons. The average molecular weight is 268 g/mol. The maximum absolute atomic E-state index is 9.90. The second kappa shape index (κ2) is 4.35. The van der Waals surface area contributed by atoms with Crippen LogP contribution in [0.5, 0.6) is 10.1 Å². The second-order valence-corrected chi connectivity index (χ2v) is 6.72. The lowest BCUT2D eigenvalue weighted by Gasteiger charge is -2.03. The minimum absolute atomic E-state index is 0.377. The van der Waals surface area contributed by atoms with Crippen molar-refractivity contribution in [3.8, 4) is 10.1 Å². The molecule has 0 fully saturated rings. The van der Waals surface area contributed by atoms with Gasteiger partial charge in [-0.1, -0.05) is 0 Å². The molecule has 0 atom stereocenters. The molecule has 2 heterocycles. The van der Waals surface area contributed by atoms with Crippen LogP contribution >= 0.6 is 22.7 Å². The summed E-state index contributed by atoms with van der Waals surface area (Å²) in [6.45, 7) is 8.06. The van der Waals surface area contributed by atoms with Crippen LogP contribution in [0.15, 0.2) is 0 Å². The zero-order valence-corrected chi connectivity index (χ0v) is 12.1. The van der Waals surface area contributed by atoms with E-state index in [-0.39, 0.29) is 0 Å². The second-order valence-electron chi connectivity index (χ2n) is 4.31. The Morgan fingerprint density at radius 1 is 0.765 bits per heavy atom. The summed E-state index contributed by atoms with van der Waals surface area (Å²) in [7, 11) is 0. The fourth-order valence-corrected chi connectivity index (χ4v) is 3.73. The number of aryl methyl sites for hydroxylation is 2. The van der Waals surface area contributed by atoms with E-state index < -0.39 is 0 Å². The quantitative estimate of drug-likeness (QED) is 0.862. The Labute approximate surface area is 109 Å².